The quantitative estimate of drug-likeness (QED) is 0.484. The van der Waals surface area contributed by atoms with Crippen LogP contribution in [0.25, 0.3) is 0 Å². The van der Waals surface area contributed by atoms with Crippen LogP contribution in [0.3, 0.4) is 0 Å². The van der Waals surface area contributed by atoms with E-state index in [2.05, 4.69) is 36.5 Å². The first-order valence-electron chi connectivity index (χ1n) is 12.9. The number of hydrogen-bond donors (Lipinski definition) is 1. The van der Waals surface area contributed by atoms with Gasteiger partial charge in [0.2, 0.25) is 17.7 Å². The Morgan fingerprint density at radius 1 is 0.806 bits per heavy atom. The Balaban J connectivity index is 1.41. The fraction of sp³-hybridized carbons (Fsp3) is 0.323. The van der Waals surface area contributed by atoms with Crippen LogP contribution in [0.4, 0.5) is 5.69 Å². The van der Waals surface area contributed by atoms with E-state index in [1.807, 2.05) is 55.5 Å². The van der Waals surface area contributed by atoms with Gasteiger partial charge in [-0.2, -0.15) is 0 Å². The number of carbonyl (C=O) groups excluding carboxylic acids is 3. The number of benzene rings is 3. The number of anilines is 1. The van der Waals surface area contributed by atoms with Gasteiger partial charge in [-0.05, 0) is 47.2 Å². The number of carbonyl (C=O) groups is 3. The summed E-state index contributed by atoms with van der Waals surface area (Å²) in [5.41, 5.74) is 6.21. The third-order valence-electron chi connectivity index (χ3n) is 8.33. The topological polar surface area (TPSA) is 66.5 Å². The van der Waals surface area contributed by atoms with Gasteiger partial charge < -0.3 is 5.32 Å². The van der Waals surface area contributed by atoms with Crippen molar-refractivity contribution in [3.8, 4) is 0 Å². The van der Waals surface area contributed by atoms with E-state index in [1.54, 1.807) is 0 Å². The molecule has 3 aromatic rings. The van der Waals surface area contributed by atoms with E-state index in [-0.39, 0.29) is 29.6 Å². The molecule has 1 saturated heterocycles. The Labute approximate surface area is 211 Å². The molecule has 1 heterocycles. The maximum atomic E-state index is 14.1. The molecule has 3 atom stereocenters. The van der Waals surface area contributed by atoms with Gasteiger partial charge >= 0.3 is 0 Å². The summed E-state index contributed by atoms with van der Waals surface area (Å²) >= 11 is 0. The van der Waals surface area contributed by atoms with Gasteiger partial charge in [0, 0.05) is 17.5 Å². The first-order valence-corrected chi connectivity index (χ1v) is 12.9. The van der Waals surface area contributed by atoms with Gasteiger partial charge in [-0.3, -0.25) is 19.3 Å². The second-order valence-corrected chi connectivity index (χ2v) is 10.3. The number of hydrogen-bond acceptors (Lipinski definition) is 3. The van der Waals surface area contributed by atoms with Gasteiger partial charge in [0.1, 0.15) is 6.04 Å². The lowest BCUT2D eigenvalue weighted by molar-refractivity contribution is -0.147. The number of nitrogens with zero attached hydrogens (tertiary/aromatic N) is 1. The number of likely N-dealkylation sites (tertiary alicyclic amines) is 1. The molecule has 5 heteroatoms. The summed E-state index contributed by atoms with van der Waals surface area (Å²) in [5, 5.41) is 3.01. The van der Waals surface area contributed by atoms with E-state index < -0.39 is 17.9 Å². The lowest BCUT2D eigenvalue weighted by atomic mass is 9.55. The highest BCUT2D eigenvalue weighted by Gasteiger charge is 2.62. The minimum atomic E-state index is -0.819. The number of aryl methyl sites for hydroxylation is 1. The molecule has 3 aliphatic carbocycles. The van der Waals surface area contributed by atoms with E-state index in [9.17, 15) is 14.4 Å². The van der Waals surface area contributed by atoms with Crippen LogP contribution in [0.15, 0.2) is 72.8 Å². The molecule has 1 fully saturated rings. The molecule has 5 nitrogen and oxygen atoms in total. The van der Waals surface area contributed by atoms with Crippen LogP contribution in [0.2, 0.25) is 0 Å². The summed E-state index contributed by atoms with van der Waals surface area (Å²) in [4.78, 5) is 43.2. The van der Waals surface area contributed by atoms with Crippen molar-refractivity contribution in [3.63, 3.8) is 0 Å². The minimum absolute atomic E-state index is 0.167. The van der Waals surface area contributed by atoms with Crippen LogP contribution >= 0.6 is 0 Å². The number of amides is 3. The van der Waals surface area contributed by atoms with Crippen molar-refractivity contribution in [2.45, 2.75) is 51.0 Å². The molecule has 1 N–H and O–H groups in total. The molecule has 0 spiro atoms. The molecular formula is C31H30N2O3. The zero-order valence-corrected chi connectivity index (χ0v) is 20.6. The van der Waals surface area contributed by atoms with E-state index in [0.717, 1.165) is 40.7 Å². The monoisotopic (exact) mass is 478 g/mol. The average Bonchev–Trinajstić information content (AvgIpc) is 3.16. The zero-order chi connectivity index (χ0) is 25.0. The molecule has 7 rings (SSSR count). The van der Waals surface area contributed by atoms with Crippen LogP contribution in [0.5, 0.6) is 0 Å². The van der Waals surface area contributed by atoms with Gasteiger partial charge in [-0.25, -0.2) is 0 Å². The average molecular weight is 479 g/mol. The fourth-order valence-corrected chi connectivity index (χ4v) is 6.71. The van der Waals surface area contributed by atoms with Gasteiger partial charge in [-0.1, -0.05) is 86.5 Å². The summed E-state index contributed by atoms with van der Waals surface area (Å²) in [7, 11) is 0. The molecular weight excluding hydrogens is 448 g/mol. The summed E-state index contributed by atoms with van der Waals surface area (Å²) in [6, 6.07) is 23.2. The van der Waals surface area contributed by atoms with Crippen molar-refractivity contribution < 1.29 is 14.4 Å². The second kappa shape index (κ2) is 8.74. The Bertz CT molecular complexity index is 1260. The van der Waals surface area contributed by atoms with Crippen LogP contribution < -0.4 is 5.32 Å². The predicted octanol–water partition coefficient (Wildman–Crippen LogP) is 5.38. The largest absolute Gasteiger partial charge is 0.324 e. The molecule has 3 amide bonds. The number of rotatable bonds is 6. The first kappa shape index (κ1) is 22.7. The highest BCUT2D eigenvalue weighted by Crippen LogP contribution is 2.61. The van der Waals surface area contributed by atoms with E-state index in [0.29, 0.717) is 12.1 Å². The Kier molecular flexibility index (Phi) is 5.51. The van der Waals surface area contributed by atoms with Crippen LogP contribution in [0.1, 0.15) is 65.8 Å². The summed E-state index contributed by atoms with van der Waals surface area (Å²) in [6.45, 7) is 3.99. The Morgan fingerprint density at radius 2 is 1.28 bits per heavy atom. The summed E-state index contributed by atoms with van der Waals surface area (Å²) in [6.07, 6.45) is 2.09. The lowest BCUT2D eigenvalue weighted by Gasteiger charge is -2.45. The van der Waals surface area contributed by atoms with Crippen LogP contribution in [0, 0.1) is 18.8 Å². The Hall–Kier alpha value is -3.73. The normalized spacial score (nSPS) is 24.2. The van der Waals surface area contributed by atoms with Crippen LogP contribution in [-0.2, 0) is 14.4 Å². The maximum Gasteiger partial charge on any atom is 0.247 e. The third kappa shape index (κ3) is 3.25. The third-order valence-corrected chi connectivity index (χ3v) is 8.33. The highest BCUT2D eigenvalue weighted by molar-refractivity contribution is 6.11. The van der Waals surface area contributed by atoms with E-state index in [1.165, 1.54) is 4.90 Å². The second-order valence-electron chi connectivity index (χ2n) is 10.3. The summed E-state index contributed by atoms with van der Waals surface area (Å²) in [5.74, 6) is -1.97. The van der Waals surface area contributed by atoms with Crippen molar-refractivity contribution in [2.75, 3.05) is 5.32 Å². The number of nitrogens with one attached hydrogen (secondary N) is 1. The number of imide groups is 1. The number of unbranched alkanes of at least 4 members (excludes halogenated alkanes) is 1. The molecule has 182 valence electrons. The highest BCUT2D eigenvalue weighted by atomic mass is 16.2. The molecule has 1 aliphatic heterocycles. The molecule has 0 saturated carbocycles. The SMILES string of the molecule is CCCC[C@@H](C(=O)Nc1ccccc1C)N1C(=O)[C@@H]2C3c4ccccc4C(c4ccccc43)[C@@H]2C1=O. The van der Waals surface area contributed by atoms with Crippen molar-refractivity contribution in [2.24, 2.45) is 11.8 Å². The van der Waals surface area contributed by atoms with Gasteiger partial charge in [0.15, 0.2) is 0 Å². The molecule has 36 heavy (non-hydrogen) atoms. The lowest BCUT2D eigenvalue weighted by Crippen LogP contribution is -2.48. The fourth-order valence-electron chi connectivity index (χ4n) is 6.71. The summed E-state index contributed by atoms with van der Waals surface area (Å²) < 4.78 is 0. The zero-order valence-electron chi connectivity index (χ0n) is 20.6. The van der Waals surface area contributed by atoms with Crippen molar-refractivity contribution >= 4 is 23.4 Å². The van der Waals surface area contributed by atoms with E-state index in [4.69, 9.17) is 0 Å². The van der Waals surface area contributed by atoms with Crippen LogP contribution in [-0.4, -0.2) is 28.7 Å². The molecule has 3 aromatic carbocycles. The van der Waals surface area contributed by atoms with Crippen molar-refractivity contribution in [3.05, 3.63) is 101 Å². The number of para-hydroxylation sites is 1. The molecule has 0 radical (unpaired) electrons. The Morgan fingerprint density at radius 3 is 1.75 bits per heavy atom. The van der Waals surface area contributed by atoms with Gasteiger partial charge in [0.25, 0.3) is 0 Å². The molecule has 0 unspecified atom stereocenters. The predicted molar refractivity (Wildman–Crippen MR) is 139 cm³/mol. The van der Waals surface area contributed by atoms with Gasteiger partial charge in [-0.15, -0.1) is 0 Å². The first-order chi connectivity index (χ1) is 17.5. The van der Waals surface area contributed by atoms with E-state index >= 15 is 0 Å². The van der Waals surface area contributed by atoms with Crippen molar-refractivity contribution in [1.29, 1.82) is 0 Å². The smallest absolute Gasteiger partial charge is 0.247 e. The molecule has 4 aliphatic rings. The molecule has 2 bridgehead atoms. The standard InChI is InChI=1S/C31H30N2O3/c1-3-4-17-24(29(34)32-23-16-10-5-11-18(23)2)33-30(35)27-25-19-12-6-7-13-20(19)26(28(27)31(33)36)22-15-9-8-14-21(22)25/h5-16,24-28H,3-4,17H2,1-2H3,(H,32,34)/t24-,25?,26?,27-,28+/m0/s1. The van der Waals surface area contributed by atoms with Gasteiger partial charge in [0.05, 0.1) is 11.8 Å². The minimum Gasteiger partial charge on any atom is -0.324 e. The maximum absolute atomic E-state index is 14.1. The van der Waals surface area contributed by atoms with Crippen molar-refractivity contribution in [1.82, 2.24) is 4.90 Å². The molecule has 0 aromatic heterocycles.